The standard InChI is InChI=1S/C18H22N5/c1-21-12-13-22(2)18(21)23(3)17-10-8-16(9-11-17)20-15-6-4-14(19)5-7-15/h4-13,20H,19H2,1-3H3/q+1. The number of aromatic nitrogens is 2. The first kappa shape index (κ1) is 15.0. The van der Waals surface area contributed by atoms with Gasteiger partial charge in [-0.15, -0.1) is 0 Å². The third-order valence-corrected chi connectivity index (χ3v) is 3.90. The third-order valence-electron chi connectivity index (χ3n) is 3.90. The van der Waals surface area contributed by atoms with E-state index in [-0.39, 0.29) is 0 Å². The maximum atomic E-state index is 5.71. The van der Waals surface area contributed by atoms with Crippen molar-refractivity contribution in [3.63, 3.8) is 0 Å². The molecule has 3 aromatic rings. The molecule has 23 heavy (non-hydrogen) atoms. The molecule has 0 fully saturated rings. The highest BCUT2D eigenvalue weighted by Gasteiger charge is 2.18. The van der Waals surface area contributed by atoms with Crippen molar-refractivity contribution < 1.29 is 4.57 Å². The van der Waals surface area contributed by atoms with E-state index in [4.69, 9.17) is 5.73 Å². The summed E-state index contributed by atoms with van der Waals surface area (Å²) in [7, 11) is 6.16. The molecule has 0 bridgehead atoms. The average molecular weight is 308 g/mol. The van der Waals surface area contributed by atoms with Crippen LogP contribution in [0.3, 0.4) is 0 Å². The number of hydrogen-bond donors (Lipinski definition) is 2. The van der Waals surface area contributed by atoms with Gasteiger partial charge < -0.3 is 11.1 Å². The number of benzene rings is 2. The van der Waals surface area contributed by atoms with Gasteiger partial charge in [0.05, 0.1) is 33.5 Å². The molecule has 0 aliphatic carbocycles. The summed E-state index contributed by atoms with van der Waals surface area (Å²) in [6, 6.07) is 16.1. The van der Waals surface area contributed by atoms with Gasteiger partial charge in [0.25, 0.3) is 0 Å². The first-order valence-corrected chi connectivity index (χ1v) is 7.52. The molecule has 2 aromatic carbocycles. The molecule has 1 aromatic heterocycles. The smallest absolute Gasteiger partial charge is 0.364 e. The minimum absolute atomic E-state index is 0.767. The molecule has 5 heteroatoms. The molecule has 0 saturated heterocycles. The molecule has 0 unspecified atom stereocenters. The molecule has 118 valence electrons. The first-order chi connectivity index (χ1) is 11.0. The number of nitrogens with zero attached hydrogens (tertiary/aromatic N) is 3. The van der Waals surface area contributed by atoms with Crippen molar-refractivity contribution in [1.29, 1.82) is 0 Å². The van der Waals surface area contributed by atoms with E-state index in [2.05, 4.69) is 50.7 Å². The van der Waals surface area contributed by atoms with Crippen LogP contribution in [0, 0.1) is 0 Å². The SMILES string of the molecule is CN(c1ccc(Nc2ccc(N)cc2)cc1)c1n(C)cc[n+]1C. The lowest BCUT2D eigenvalue weighted by Gasteiger charge is -2.14. The summed E-state index contributed by atoms with van der Waals surface area (Å²) in [4.78, 5) is 2.16. The molecule has 0 spiro atoms. The molecule has 0 atom stereocenters. The molecule has 1 heterocycles. The van der Waals surface area contributed by atoms with E-state index in [0.717, 1.165) is 28.7 Å². The number of rotatable bonds is 4. The van der Waals surface area contributed by atoms with Gasteiger partial charge in [-0.25, -0.2) is 14.0 Å². The maximum absolute atomic E-state index is 5.71. The zero-order valence-corrected chi connectivity index (χ0v) is 13.7. The monoisotopic (exact) mass is 308 g/mol. The van der Waals surface area contributed by atoms with E-state index >= 15 is 0 Å². The summed E-state index contributed by atoms with van der Waals surface area (Å²) in [5.41, 5.74) is 9.67. The van der Waals surface area contributed by atoms with Crippen LogP contribution in [0.1, 0.15) is 0 Å². The molecule has 0 aliphatic heterocycles. The molecular formula is C18H22N5+. The van der Waals surface area contributed by atoms with Crippen LogP contribution in [0.4, 0.5) is 28.7 Å². The van der Waals surface area contributed by atoms with Gasteiger partial charge in [-0.3, -0.25) is 0 Å². The Morgan fingerprint density at radius 2 is 1.57 bits per heavy atom. The largest absolute Gasteiger partial charge is 0.399 e. The van der Waals surface area contributed by atoms with E-state index < -0.39 is 0 Å². The van der Waals surface area contributed by atoms with Gasteiger partial charge in [0.1, 0.15) is 5.69 Å². The number of imidazole rings is 1. The van der Waals surface area contributed by atoms with Crippen LogP contribution in [0.5, 0.6) is 0 Å². The topological polar surface area (TPSA) is 50.1 Å². The minimum atomic E-state index is 0.767. The number of aryl methyl sites for hydroxylation is 2. The van der Waals surface area contributed by atoms with Crippen LogP contribution >= 0.6 is 0 Å². The Balaban J connectivity index is 1.78. The lowest BCUT2D eigenvalue weighted by Crippen LogP contribution is -2.34. The second kappa shape index (κ2) is 6.04. The number of anilines is 5. The van der Waals surface area contributed by atoms with Gasteiger partial charge in [-0.2, -0.15) is 0 Å². The van der Waals surface area contributed by atoms with E-state index in [0.29, 0.717) is 0 Å². The summed E-state index contributed by atoms with van der Waals surface area (Å²) in [6.45, 7) is 0. The third kappa shape index (κ3) is 3.13. The molecule has 3 rings (SSSR count). The summed E-state index contributed by atoms with van der Waals surface area (Å²) in [5, 5.41) is 3.37. The van der Waals surface area contributed by atoms with Gasteiger partial charge in [0.15, 0.2) is 0 Å². The highest BCUT2D eigenvalue weighted by atomic mass is 15.3. The predicted octanol–water partition coefficient (Wildman–Crippen LogP) is 2.94. The van der Waals surface area contributed by atoms with Crippen molar-refractivity contribution in [2.24, 2.45) is 14.1 Å². The van der Waals surface area contributed by atoms with E-state index in [1.807, 2.05) is 50.8 Å². The van der Waals surface area contributed by atoms with Crippen LogP contribution in [-0.2, 0) is 14.1 Å². The second-order valence-electron chi connectivity index (χ2n) is 5.67. The van der Waals surface area contributed by atoms with Crippen molar-refractivity contribution in [3.05, 3.63) is 60.9 Å². The van der Waals surface area contributed by atoms with Crippen molar-refractivity contribution in [2.45, 2.75) is 0 Å². The first-order valence-electron chi connectivity index (χ1n) is 7.52. The molecule has 5 nitrogen and oxygen atoms in total. The molecule has 0 radical (unpaired) electrons. The molecule has 3 N–H and O–H groups in total. The highest BCUT2D eigenvalue weighted by molar-refractivity contribution is 5.65. The van der Waals surface area contributed by atoms with E-state index in [9.17, 15) is 0 Å². The van der Waals surface area contributed by atoms with Gasteiger partial charge >= 0.3 is 5.95 Å². The van der Waals surface area contributed by atoms with Crippen LogP contribution < -0.4 is 20.5 Å². The zero-order valence-electron chi connectivity index (χ0n) is 13.7. The molecular weight excluding hydrogens is 286 g/mol. The summed E-state index contributed by atoms with van der Waals surface area (Å²) >= 11 is 0. The van der Waals surface area contributed by atoms with E-state index in [1.165, 1.54) is 0 Å². The van der Waals surface area contributed by atoms with Crippen LogP contribution in [-0.4, -0.2) is 11.6 Å². The number of hydrogen-bond acceptors (Lipinski definition) is 3. The quantitative estimate of drug-likeness (QED) is 0.575. The normalized spacial score (nSPS) is 10.6. The molecule has 0 aliphatic rings. The Morgan fingerprint density at radius 3 is 2.09 bits per heavy atom. The number of nitrogens with two attached hydrogens (primary N) is 1. The Kier molecular flexibility index (Phi) is 3.93. The van der Waals surface area contributed by atoms with Crippen molar-refractivity contribution in [3.8, 4) is 0 Å². The fraction of sp³-hybridized carbons (Fsp3) is 0.167. The Bertz CT molecular complexity index is 768. The van der Waals surface area contributed by atoms with Crippen molar-refractivity contribution in [2.75, 3.05) is 23.0 Å². The fourth-order valence-electron chi connectivity index (χ4n) is 2.67. The number of nitrogens with one attached hydrogen (secondary N) is 1. The van der Waals surface area contributed by atoms with Gasteiger partial charge in [-0.05, 0) is 48.5 Å². The minimum Gasteiger partial charge on any atom is -0.399 e. The van der Waals surface area contributed by atoms with Crippen molar-refractivity contribution >= 4 is 28.7 Å². The molecule has 0 saturated carbocycles. The van der Waals surface area contributed by atoms with E-state index in [1.54, 1.807) is 0 Å². The average Bonchev–Trinajstić information content (AvgIpc) is 2.88. The van der Waals surface area contributed by atoms with Gasteiger partial charge in [0, 0.05) is 17.1 Å². The lowest BCUT2D eigenvalue weighted by atomic mass is 10.2. The molecule has 0 amide bonds. The summed E-state index contributed by atoms with van der Waals surface area (Å²) in [6.07, 6.45) is 4.09. The van der Waals surface area contributed by atoms with Gasteiger partial charge in [0.2, 0.25) is 0 Å². The van der Waals surface area contributed by atoms with Gasteiger partial charge in [-0.1, -0.05) is 0 Å². The highest BCUT2D eigenvalue weighted by Crippen LogP contribution is 2.24. The number of nitrogen functional groups attached to an aromatic ring is 1. The Labute approximate surface area is 136 Å². The Morgan fingerprint density at radius 1 is 1.00 bits per heavy atom. The van der Waals surface area contributed by atoms with Crippen LogP contribution in [0.25, 0.3) is 0 Å². The lowest BCUT2D eigenvalue weighted by molar-refractivity contribution is -0.657. The van der Waals surface area contributed by atoms with Crippen molar-refractivity contribution in [1.82, 2.24) is 4.57 Å². The fourth-order valence-corrected chi connectivity index (χ4v) is 2.67. The Hall–Kier alpha value is -2.95. The maximum Gasteiger partial charge on any atom is 0.364 e. The second-order valence-corrected chi connectivity index (χ2v) is 5.67. The zero-order chi connectivity index (χ0) is 16.4. The van der Waals surface area contributed by atoms with Crippen LogP contribution in [0.15, 0.2) is 60.9 Å². The summed E-state index contributed by atoms with van der Waals surface area (Å²) in [5.74, 6) is 1.12. The predicted molar refractivity (Wildman–Crippen MR) is 95.2 cm³/mol. The summed E-state index contributed by atoms with van der Waals surface area (Å²) < 4.78 is 4.20. The van der Waals surface area contributed by atoms with Crippen LogP contribution in [0.2, 0.25) is 0 Å².